The van der Waals surface area contributed by atoms with Crippen LogP contribution in [-0.4, -0.2) is 31.1 Å². The average Bonchev–Trinajstić information content (AvgIpc) is 3.22. The van der Waals surface area contributed by atoms with E-state index in [0.29, 0.717) is 23.3 Å². The van der Waals surface area contributed by atoms with Crippen molar-refractivity contribution >= 4 is 23.7 Å². The van der Waals surface area contributed by atoms with E-state index in [4.69, 9.17) is 4.42 Å². The van der Waals surface area contributed by atoms with Gasteiger partial charge >= 0.3 is 6.01 Å². The monoisotopic (exact) mass is 399 g/mol. The second-order valence-corrected chi connectivity index (χ2v) is 8.80. The van der Waals surface area contributed by atoms with E-state index in [1.54, 1.807) is 10.7 Å². The van der Waals surface area contributed by atoms with E-state index in [1.165, 1.54) is 4.90 Å². The Kier molecular flexibility index (Phi) is 6.18. The number of aryl methyl sites for hydroxylation is 1. The molecule has 28 heavy (non-hydrogen) atoms. The highest BCUT2D eigenvalue weighted by Crippen LogP contribution is 2.23. The van der Waals surface area contributed by atoms with E-state index in [-0.39, 0.29) is 18.0 Å². The molecule has 0 aliphatic carbocycles. The SMILES string of the molecule is Cc1cc(C(=O)Nc2nnc(Cc3ccc(SC(C)C)cc3)o2)n(C(C)C)n1. The first-order valence-corrected chi connectivity index (χ1v) is 10.1. The molecule has 0 spiro atoms. The fraction of sp³-hybridized carbons (Fsp3) is 0.400. The van der Waals surface area contributed by atoms with Crippen LogP contribution in [-0.2, 0) is 6.42 Å². The summed E-state index contributed by atoms with van der Waals surface area (Å²) in [6.07, 6.45) is 0.512. The van der Waals surface area contributed by atoms with Gasteiger partial charge in [0.2, 0.25) is 5.89 Å². The summed E-state index contributed by atoms with van der Waals surface area (Å²) in [6.45, 7) is 10.1. The normalized spacial score (nSPS) is 11.4. The number of benzene rings is 1. The molecule has 0 aliphatic rings. The summed E-state index contributed by atoms with van der Waals surface area (Å²) in [5, 5.41) is 15.5. The number of nitrogens with one attached hydrogen (secondary N) is 1. The summed E-state index contributed by atoms with van der Waals surface area (Å²) >= 11 is 1.82. The number of amides is 1. The van der Waals surface area contributed by atoms with Crippen LogP contribution < -0.4 is 5.32 Å². The third kappa shape index (κ3) is 5.01. The quantitative estimate of drug-likeness (QED) is 0.589. The van der Waals surface area contributed by atoms with Gasteiger partial charge in [0.15, 0.2) is 0 Å². The van der Waals surface area contributed by atoms with Gasteiger partial charge in [-0.3, -0.25) is 14.8 Å². The van der Waals surface area contributed by atoms with E-state index in [2.05, 4.69) is 58.7 Å². The molecule has 0 aliphatic heterocycles. The highest BCUT2D eigenvalue weighted by Gasteiger charge is 2.18. The summed E-state index contributed by atoms with van der Waals surface area (Å²) in [4.78, 5) is 13.8. The Labute approximate surface area is 168 Å². The molecule has 0 saturated heterocycles. The van der Waals surface area contributed by atoms with Crippen LogP contribution in [0.1, 0.15) is 61.4 Å². The number of aromatic nitrogens is 4. The predicted octanol–water partition coefficient (Wildman–Crippen LogP) is 4.50. The lowest BCUT2D eigenvalue weighted by atomic mass is 10.1. The molecule has 2 aromatic heterocycles. The number of carbonyl (C=O) groups is 1. The van der Waals surface area contributed by atoms with Gasteiger partial charge in [-0.1, -0.05) is 31.1 Å². The van der Waals surface area contributed by atoms with Gasteiger partial charge in [-0.15, -0.1) is 16.9 Å². The zero-order valence-corrected chi connectivity index (χ0v) is 17.6. The number of hydrogen-bond donors (Lipinski definition) is 1. The maximum absolute atomic E-state index is 12.5. The second kappa shape index (κ2) is 8.60. The van der Waals surface area contributed by atoms with Gasteiger partial charge in [0.1, 0.15) is 5.69 Å². The number of carbonyl (C=O) groups excluding carboxylic acids is 1. The smallest absolute Gasteiger partial charge is 0.322 e. The van der Waals surface area contributed by atoms with Crippen molar-refractivity contribution in [3.05, 3.63) is 53.2 Å². The van der Waals surface area contributed by atoms with Gasteiger partial charge in [0, 0.05) is 16.2 Å². The van der Waals surface area contributed by atoms with Crippen molar-refractivity contribution in [3.8, 4) is 0 Å². The summed E-state index contributed by atoms with van der Waals surface area (Å²) < 4.78 is 7.27. The second-order valence-electron chi connectivity index (χ2n) is 7.15. The molecule has 0 fully saturated rings. The molecule has 0 saturated carbocycles. The van der Waals surface area contributed by atoms with Crippen molar-refractivity contribution < 1.29 is 9.21 Å². The Hall–Kier alpha value is -2.61. The van der Waals surface area contributed by atoms with E-state index in [0.717, 1.165) is 11.3 Å². The number of thioether (sulfide) groups is 1. The van der Waals surface area contributed by atoms with Crippen LogP contribution in [0.5, 0.6) is 0 Å². The summed E-state index contributed by atoms with van der Waals surface area (Å²) in [5.74, 6) is 0.132. The Balaban J connectivity index is 1.65. The van der Waals surface area contributed by atoms with Crippen molar-refractivity contribution in [2.24, 2.45) is 0 Å². The summed E-state index contributed by atoms with van der Waals surface area (Å²) in [5.41, 5.74) is 2.32. The minimum Gasteiger partial charge on any atom is -0.407 e. The lowest BCUT2D eigenvalue weighted by Gasteiger charge is -2.09. The Morgan fingerprint density at radius 3 is 2.54 bits per heavy atom. The maximum atomic E-state index is 12.5. The van der Waals surface area contributed by atoms with Crippen LogP contribution in [0.15, 0.2) is 39.6 Å². The molecule has 0 radical (unpaired) electrons. The fourth-order valence-electron chi connectivity index (χ4n) is 2.75. The Bertz CT molecular complexity index is 944. The average molecular weight is 400 g/mol. The van der Waals surface area contributed by atoms with Crippen LogP contribution in [0, 0.1) is 6.92 Å². The Morgan fingerprint density at radius 2 is 1.89 bits per heavy atom. The molecule has 0 bridgehead atoms. The van der Waals surface area contributed by atoms with Crippen molar-refractivity contribution in [2.45, 2.75) is 57.2 Å². The molecule has 148 valence electrons. The first-order chi connectivity index (χ1) is 13.3. The third-order valence-electron chi connectivity index (χ3n) is 3.92. The standard InChI is InChI=1S/C20H25N5O2S/c1-12(2)25-17(10-14(5)24-25)19(26)21-20-23-22-18(27-20)11-15-6-8-16(9-7-15)28-13(3)4/h6-10,12-13H,11H2,1-5H3,(H,21,23,26). The number of nitrogens with zero attached hydrogens (tertiary/aromatic N) is 4. The lowest BCUT2D eigenvalue weighted by Crippen LogP contribution is -2.19. The molecule has 2 heterocycles. The van der Waals surface area contributed by atoms with Crippen molar-refractivity contribution in [1.29, 1.82) is 0 Å². The first-order valence-electron chi connectivity index (χ1n) is 9.27. The van der Waals surface area contributed by atoms with Gasteiger partial charge in [-0.2, -0.15) is 5.10 Å². The first kappa shape index (κ1) is 20.1. The van der Waals surface area contributed by atoms with Crippen LogP contribution in [0.2, 0.25) is 0 Å². The van der Waals surface area contributed by atoms with E-state index >= 15 is 0 Å². The van der Waals surface area contributed by atoms with E-state index in [1.807, 2.05) is 32.5 Å². The van der Waals surface area contributed by atoms with Gasteiger partial charge < -0.3 is 4.42 Å². The zero-order chi connectivity index (χ0) is 20.3. The van der Waals surface area contributed by atoms with Crippen molar-refractivity contribution in [2.75, 3.05) is 5.32 Å². The lowest BCUT2D eigenvalue weighted by molar-refractivity contribution is 0.101. The Morgan fingerprint density at radius 1 is 1.18 bits per heavy atom. The number of rotatable bonds is 7. The summed E-state index contributed by atoms with van der Waals surface area (Å²) in [7, 11) is 0. The van der Waals surface area contributed by atoms with Crippen molar-refractivity contribution in [1.82, 2.24) is 20.0 Å². The highest BCUT2D eigenvalue weighted by atomic mass is 32.2. The van der Waals surface area contributed by atoms with Crippen LogP contribution in [0.4, 0.5) is 6.01 Å². The number of hydrogen-bond acceptors (Lipinski definition) is 6. The topological polar surface area (TPSA) is 85.8 Å². The van der Waals surface area contributed by atoms with Crippen LogP contribution >= 0.6 is 11.8 Å². The molecule has 1 N–H and O–H groups in total. The van der Waals surface area contributed by atoms with Crippen LogP contribution in [0.25, 0.3) is 0 Å². The minimum atomic E-state index is -0.320. The molecular weight excluding hydrogens is 374 g/mol. The van der Waals surface area contributed by atoms with Crippen LogP contribution in [0.3, 0.4) is 0 Å². The molecule has 0 atom stereocenters. The molecule has 1 aromatic carbocycles. The third-order valence-corrected chi connectivity index (χ3v) is 4.93. The predicted molar refractivity (Wildman–Crippen MR) is 110 cm³/mol. The van der Waals surface area contributed by atoms with Crippen molar-refractivity contribution in [3.63, 3.8) is 0 Å². The molecule has 3 rings (SSSR count). The highest BCUT2D eigenvalue weighted by molar-refractivity contribution is 7.99. The van der Waals surface area contributed by atoms with Gasteiger partial charge in [0.05, 0.1) is 12.1 Å². The molecular formula is C20H25N5O2S. The molecule has 0 unspecified atom stereocenters. The number of anilines is 1. The summed E-state index contributed by atoms with van der Waals surface area (Å²) in [6, 6.07) is 10.2. The van der Waals surface area contributed by atoms with E-state index < -0.39 is 0 Å². The minimum absolute atomic E-state index is 0.0736. The molecule has 1 amide bonds. The largest absolute Gasteiger partial charge is 0.407 e. The van der Waals surface area contributed by atoms with Gasteiger partial charge in [-0.25, -0.2) is 0 Å². The zero-order valence-electron chi connectivity index (χ0n) is 16.8. The maximum Gasteiger partial charge on any atom is 0.322 e. The fourth-order valence-corrected chi connectivity index (χ4v) is 3.59. The van der Waals surface area contributed by atoms with E-state index in [9.17, 15) is 4.79 Å². The van der Waals surface area contributed by atoms with Gasteiger partial charge in [0.25, 0.3) is 5.91 Å². The molecule has 3 aromatic rings. The molecule has 7 nitrogen and oxygen atoms in total. The van der Waals surface area contributed by atoms with Gasteiger partial charge in [-0.05, 0) is 44.5 Å². The molecule has 8 heteroatoms.